The number of nitrogen functional groups attached to an aromatic ring is 1. The van der Waals surface area contributed by atoms with E-state index < -0.39 is 0 Å². The Kier molecular flexibility index (Phi) is 4.07. The molecule has 1 heterocycles. The van der Waals surface area contributed by atoms with Gasteiger partial charge in [0.2, 0.25) is 0 Å². The third-order valence-corrected chi connectivity index (χ3v) is 4.04. The Balaban J connectivity index is 2.58. The number of hydrogen-bond acceptors (Lipinski definition) is 2. The highest BCUT2D eigenvalue weighted by Crippen LogP contribution is 2.29. The molecule has 1 aromatic heterocycles. The molecular formula is C17H27N3. The Bertz CT molecular complexity index is 586. The zero-order valence-electron chi connectivity index (χ0n) is 13.4. The lowest BCUT2D eigenvalue weighted by molar-refractivity contribution is 0.396. The van der Waals surface area contributed by atoms with Crippen molar-refractivity contribution in [3.63, 3.8) is 0 Å². The summed E-state index contributed by atoms with van der Waals surface area (Å²) in [4.78, 5) is 4.85. The summed E-state index contributed by atoms with van der Waals surface area (Å²) in [6, 6.07) is 6.06. The SMILES string of the molecule is CCC(CC)Cn1c(C(C)(C)C)nc2cc(N)ccc21. The van der Waals surface area contributed by atoms with Gasteiger partial charge in [-0.1, -0.05) is 47.5 Å². The highest BCUT2D eigenvalue weighted by Gasteiger charge is 2.23. The van der Waals surface area contributed by atoms with Crippen LogP contribution in [-0.2, 0) is 12.0 Å². The fourth-order valence-corrected chi connectivity index (χ4v) is 2.71. The van der Waals surface area contributed by atoms with Crippen LogP contribution in [0.4, 0.5) is 5.69 Å². The molecule has 3 nitrogen and oxygen atoms in total. The van der Waals surface area contributed by atoms with Gasteiger partial charge in [-0.2, -0.15) is 0 Å². The summed E-state index contributed by atoms with van der Waals surface area (Å²) in [5, 5.41) is 0. The number of imidazole rings is 1. The maximum Gasteiger partial charge on any atom is 0.115 e. The lowest BCUT2D eigenvalue weighted by atomic mass is 9.95. The van der Waals surface area contributed by atoms with E-state index >= 15 is 0 Å². The van der Waals surface area contributed by atoms with Gasteiger partial charge in [0.1, 0.15) is 5.82 Å². The second-order valence-corrected chi connectivity index (χ2v) is 6.73. The van der Waals surface area contributed by atoms with Gasteiger partial charge in [0.15, 0.2) is 0 Å². The van der Waals surface area contributed by atoms with Gasteiger partial charge in [-0.05, 0) is 24.1 Å². The van der Waals surface area contributed by atoms with Crippen LogP contribution in [0.3, 0.4) is 0 Å². The predicted molar refractivity (Wildman–Crippen MR) is 86.9 cm³/mol. The summed E-state index contributed by atoms with van der Waals surface area (Å²) < 4.78 is 2.40. The monoisotopic (exact) mass is 273 g/mol. The number of benzene rings is 1. The summed E-state index contributed by atoms with van der Waals surface area (Å²) in [5.74, 6) is 1.86. The molecule has 1 aromatic carbocycles. The van der Waals surface area contributed by atoms with Gasteiger partial charge in [0, 0.05) is 17.6 Å². The van der Waals surface area contributed by atoms with Crippen LogP contribution in [0.2, 0.25) is 0 Å². The molecule has 110 valence electrons. The first-order chi connectivity index (χ1) is 9.36. The van der Waals surface area contributed by atoms with Crippen molar-refractivity contribution in [2.75, 3.05) is 5.73 Å². The fourth-order valence-electron chi connectivity index (χ4n) is 2.71. The number of anilines is 1. The van der Waals surface area contributed by atoms with E-state index in [2.05, 4.69) is 45.3 Å². The zero-order chi connectivity index (χ0) is 14.9. The average molecular weight is 273 g/mol. The first-order valence-electron chi connectivity index (χ1n) is 7.63. The van der Waals surface area contributed by atoms with E-state index in [1.54, 1.807) is 0 Å². The summed E-state index contributed by atoms with van der Waals surface area (Å²) in [7, 11) is 0. The quantitative estimate of drug-likeness (QED) is 0.841. The Morgan fingerprint density at radius 1 is 1.20 bits per heavy atom. The fraction of sp³-hybridized carbons (Fsp3) is 0.588. The smallest absolute Gasteiger partial charge is 0.115 e. The number of aromatic nitrogens is 2. The minimum Gasteiger partial charge on any atom is -0.399 e. The molecule has 2 N–H and O–H groups in total. The molecule has 0 aliphatic heterocycles. The molecule has 20 heavy (non-hydrogen) atoms. The molecule has 2 aromatic rings. The van der Waals surface area contributed by atoms with Crippen LogP contribution in [0, 0.1) is 5.92 Å². The van der Waals surface area contributed by atoms with Crippen LogP contribution < -0.4 is 5.73 Å². The largest absolute Gasteiger partial charge is 0.399 e. The second kappa shape index (κ2) is 5.47. The van der Waals surface area contributed by atoms with E-state index in [1.807, 2.05) is 12.1 Å². The minimum atomic E-state index is 0.0415. The van der Waals surface area contributed by atoms with Crippen LogP contribution in [0.5, 0.6) is 0 Å². The van der Waals surface area contributed by atoms with E-state index in [0.29, 0.717) is 5.92 Å². The number of fused-ring (bicyclic) bond motifs is 1. The van der Waals surface area contributed by atoms with Crippen molar-refractivity contribution in [1.82, 2.24) is 9.55 Å². The van der Waals surface area contributed by atoms with Crippen LogP contribution in [0.25, 0.3) is 11.0 Å². The third-order valence-electron chi connectivity index (χ3n) is 4.04. The van der Waals surface area contributed by atoms with Crippen molar-refractivity contribution in [1.29, 1.82) is 0 Å². The second-order valence-electron chi connectivity index (χ2n) is 6.73. The highest BCUT2D eigenvalue weighted by molar-refractivity contribution is 5.79. The van der Waals surface area contributed by atoms with Gasteiger partial charge in [-0.15, -0.1) is 0 Å². The summed E-state index contributed by atoms with van der Waals surface area (Å²) in [6.45, 7) is 12.2. The molecule has 2 rings (SSSR count). The summed E-state index contributed by atoms with van der Waals surface area (Å²) in [6.07, 6.45) is 2.41. The van der Waals surface area contributed by atoms with Crippen LogP contribution in [0.15, 0.2) is 18.2 Å². The van der Waals surface area contributed by atoms with E-state index in [1.165, 1.54) is 18.4 Å². The van der Waals surface area contributed by atoms with Crippen LogP contribution in [-0.4, -0.2) is 9.55 Å². The highest BCUT2D eigenvalue weighted by atomic mass is 15.1. The molecule has 3 heteroatoms. The van der Waals surface area contributed by atoms with Crippen molar-refractivity contribution in [2.24, 2.45) is 5.92 Å². The van der Waals surface area contributed by atoms with E-state index in [9.17, 15) is 0 Å². The van der Waals surface area contributed by atoms with Crippen molar-refractivity contribution >= 4 is 16.7 Å². The first-order valence-corrected chi connectivity index (χ1v) is 7.63. The normalized spacial score (nSPS) is 12.5. The van der Waals surface area contributed by atoms with Gasteiger partial charge in [0.25, 0.3) is 0 Å². The van der Waals surface area contributed by atoms with E-state index in [-0.39, 0.29) is 5.41 Å². The molecule has 0 radical (unpaired) electrons. The van der Waals surface area contributed by atoms with Crippen LogP contribution in [0.1, 0.15) is 53.3 Å². The molecule has 0 spiro atoms. The minimum absolute atomic E-state index is 0.0415. The summed E-state index contributed by atoms with van der Waals surface area (Å²) >= 11 is 0. The molecule has 0 amide bonds. The number of nitrogens with zero attached hydrogens (tertiary/aromatic N) is 2. The molecular weight excluding hydrogens is 246 g/mol. The number of hydrogen-bond donors (Lipinski definition) is 1. The molecule has 0 unspecified atom stereocenters. The molecule has 0 saturated heterocycles. The maximum atomic E-state index is 5.90. The lowest BCUT2D eigenvalue weighted by Gasteiger charge is -2.23. The number of nitrogens with two attached hydrogens (primary N) is 1. The molecule has 0 bridgehead atoms. The lowest BCUT2D eigenvalue weighted by Crippen LogP contribution is -2.21. The molecule has 0 fully saturated rings. The topological polar surface area (TPSA) is 43.8 Å². The Hall–Kier alpha value is -1.51. The maximum absolute atomic E-state index is 5.90. The van der Waals surface area contributed by atoms with E-state index in [0.717, 1.165) is 23.6 Å². The zero-order valence-corrected chi connectivity index (χ0v) is 13.4. The van der Waals surface area contributed by atoms with Crippen LogP contribution >= 0.6 is 0 Å². The molecule has 0 atom stereocenters. The van der Waals surface area contributed by atoms with Gasteiger partial charge < -0.3 is 10.3 Å². The van der Waals surface area contributed by atoms with Gasteiger partial charge in [0.05, 0.1) is 11.0 Å². The molecule has 0 saturated carbocycles. The van der Waals surface area contributed by atoms with Crippen molar-refractivity contribution in [2.45, 2.75) is 59.4 Å². The molecule has 0 aliphatic carbocycles. The predicted octanol–water partition coefficient (Wildman–Crippen LogP) is 4.35. The van der Waals surface area contributed by atoms with Gasteiger partial charge in [-0.25, -0.2) is 4.98 Å². The average Bonchev–Trinajstić information content (AvgIpc) is 2.73. The number of rotatable bonds is 4. The Morgan fingerprint density at radius 2 is 1.85 bits per heavy atom. The Labute approximate surface area is 122 Å². The van der Waals surface area contributed by atoms with Crippen molar-refractivity contribution in [3.05, 3.63) is 24.0 Å². The Morgan fingerprint density at radius 3 is 2.40 bits per heavy atom. The summed E-state index contributed by atoms with van der Waals surface area (Å²) in [5.41, 5.74) is 8.94. The van der Waals surface area contributed by atoms with Crippen molar-refractivity contribution < 1.29 is 0 Å². The standard InChI is InChI=1S/C17H27N3/c1-6-12(7-2)11-20-15-9-8-13(18)10-14(15)19-16(20)17(3,4)5/h8-10,12H,6-7,11,18H2,1-5H3. The van der Waals surface area contributed by atoms with Crippen molar-refractivity contribution in [3.8, 4) is 0 Å². The molecule has 0 aliphatic rings. The van der Waals surface area contributed by atoms with E-state index in [4.69, 9.17) is 10.7 Å². The van der Waals surface area contributed by atoms with Gasteiger partial charge >= 0.3 is 0 Å². The first kappa shape index (κ1) is 14.9. The third kappa shape index (κ3) is 2.82. The van der Waals surface area contributed by atoms with Gasteiger partial charge in [-0.3, -0.25) is 0 Å².